The maximum atomic E-state index is 12.6. The summed E-state index contributed by atoms with van der Waals surface area (Å²) in [5.41, 5.74) is 1.46. The van der Waals surface area contributed by atoms with E-state index in [1.54, 1.807) is 0 Å². The molecule has 0 aliphatic heterocycles. The lowest BCUT2D eigenvalue weighted by Gasteiger charge is -2.04. The first-order valence-corrected chi connectivity index (χ1v) is 3.62. The molecule has 72 valence electrons. The molecule has 14 heavy (non-hydrogen) atoms. The van der Waals surface area contributed by atoms with Crippen LogP contribution in [0.1, 0.15) is 0 Å². The zero-order chi connectivity index (χ0) is 10.4. The number of benzene rings is 1. The maximum Gasteiger partial charge on any atom is 0.240 e. The molecule has 0 aliphatic rings. The van der Waals surface area contributed by atoms with Crippen molar-refractivity contribution < 1.29 is 8.87 Å². The van der Waals surface area contributed by atoms with Gasteiger partial charge in [0.1, 0.15) is 5.82 Å². The molecule has 0 aromatic heterocycles. The Morgan fingerprint density at radius 3 is 2.86 bits per heavy atom. The van der Waals surface area contributed by atoms with Gasteiger partial charge in [0.05, 0.1) is 0 Å². The Morgan fingerprint density at radius 2 is 2.29 bits per heavy atom. The van der Waals surface area contributed by atoms with Crippen molar-refractivity contribution in [3.05, 3.63) is 30.1 Å². The minimum Gasteiger partial charge on any atom is -0.323 e. The number of halogens is 2. The Hall–Kier alpha value is -2.16. The van der Waals surface area contributed by atoms with E-state index in [0.717, 1.165) is 11.6 Å². The smallest absolute Gasteiger partial charge is 0.240 e. The van der Waals surface area contributed by atoms with Crippen LogP contribution >= 0.6 is 0 Å². The van der Waals surface area contributed by atoms with Crippen LogP contribution in [0.4, 0.5) is 14.6 Å². The lowest BCUT2D eigenvalue weighted by molar-refractivity contribution is 0.432. The first-order chi connectivity index (χ1) is 6.76. The number of hydrogen-bond acceptors (Lipinski definition) is 2. The Morgan fingerprint density at radius 1 is 1.50 bits per heavy atom. The molecule has 1 aromatic carbocycles. The topological polar surface area (TPSA) is 60.2 Å². The van der Waals surface area contributed by atoms with Gasteiger partial charge >= 0.3 is 0 Å². The number of guanidine groups is 1. The molecule has 0 radical (unpaired) electrons. The van der Waals surface area contributed by atoms with Gasteiger partial charge in [-0.05, 0) is 18.2 Å². The van der Waals surface area contributed by atoms with Crippen molar-refractivity contribution in [1.29, 1.82) is 5.26 Å². The summed E-state index contributed by atoms with van der Waals surface area (Å²) in [5, 5.41) is 10.5. The van der Waals surface area contributed by atoms with E-state index >= 15 is 0 Å². The average Bonchev–Trinajstić information content (AvgIpc) is 2.17. The van der Waals surface area contributed by atoms with E-state index in [1.165, 1.54) is 24.4 Å². The molecule has 0 amide bonds. The maximum absolute atomic E-state index is 12.6. The van der Waals surface area contributed by atoms with Crippen LogP contribution in [0.15, 0.2) is 29.3 Å². The van der Waals surface area contributed by atoms with Crippen LogP contribution in [0.2, 0.25) is 0 Å². The summed E-state index contributed by atoms with van der Waals surface area (Å²) < 4.78 is 24.6. The Kier molecular flexibility index (Phi) is 3.38. The quantitative estimate of drug-likeness (QED) is 0.310. The Balaban J connectivity index is 2.78. The van der Waals surface area contributed by atoms with Gasteiger partial charge < -0.3 is 5.32 Å². The van der Waals surface area contributed by atoms with Gasteiger partial charge in [-0.1, -0.05) is 6.07 Å². The average molecular weight is 196 g/mol. The van der Waals surface area contributed by atoms with E-state index in [9.17, 15) is 8.87 Å². The lowest BCUT2D eigenvalue weighted by atomic mass is 10.3. The fraction of sp³-hybridized carbons (Fsp3) is 0. The third kappa shape index (κ3) is 2.71. The van der Waals surface area contributed by atoms with Crippen LogP contribution < -0.4 is 10.9 Å². The van der Waals surface area contributed by atoms with Gasteiger partial charge in [0, 0.05) is 5.69 Å². The van der Waals surface area contributed by atoms with Gasteiger partial charge in [-0.3, -0.25) is 0 Å². The third-order valence-electron chi connectivity index (χ3n) is 1.34. The molecule has 0 heterocycles. The van der Waals surface area contributed by atoms with E-state index in [2.05, 4.69) is 10.3 Å². The molecule has 2 N–H and O–H groups in total. The van der Waals surface area contributed by atoms with Crippen molar-refractivity contribution >= 4 is 11.6 Å². The largest absolute Gasteiger partial charge is 0.323 e. The lowest BCUT2D eigenvalue weighted by Crippen LogP contribution is -2.23. The number of aliphatic imine (C=N–C) groups is 1. The second-order valence-electron chi connectivity index (χ2n) is 2.29. The molecule has 1 aromatic rings. The second-order valence-corrected chi connectivity index (χ2v) is 2.29. The van der Waals surface area contributed by atoms with E-state index in [-0.39, 0.29) is 0 Å². The zero-order valence-corrected chi connectivity index (χ0v) is 6.96. The molecule has 6 heteroatoms. The second kappa shape index (κ2) is 4.77. The van der Waals surface area contributed by atoms with Gasteiger partial charge in [0.2, 0.25) is 12.2 Å². The van der Waals surface area contributed by atoms with Crippen molar-refractivity contribution in [3.8, 4) is 6.19 Å². The summed E-state index contributed by atoms with van der Waals surface area (Å²) in [6.07, 6.45) is 1.38. The van der Waals surface area contributed by atoms with E-state index in [4.69, 9.17) is 5.26 Å². The molecular formula is C8H6F2N4. The van der Waals surface area contributed by atoms with Crippen molar-refractivity contribution in [2.75, 3.05) is 5.32 Å². The van der Waals surface area contributed by atoms with Crippen molar-refractivity contribution in [2.24, 2.45) is 4.99 Å². The number of rotatable bonds is 1. The van der Waals surface area contributed by atoms with E-state index < -0.39 is 11.8 Å². The molecule has 0 unspecified atom stereocenters. The van der Waals surface area contributed by atoms with Gasteiger partial charge in [0.15, 0.2) is 0 Å². The van der Waals surface area contributed by atoms with E-state index in [0.29, 0.717) is 5.69 Å². The molecule has 0 fully saturated rings. The highest BCUT2D eigenvalue weighted by atomic mass is 19.2. The normalized spacial score (nSPS) is 10.5. The van der Waals surface area contributed by atoms with Crippen molar-refractivity contribution in [3.63, 3.8) is 0 Å². The van der Waals surface area contributed by atoms with Crippen LogP contribution in [-0.4, -0.2) is 5.96 Å². The highest BCUT2D eigenvalue weighted by molar-refractivity contribution is 5.93. The van der Waals surface area contributed by atoms with Crippen LogP contribution in [-0.2, 0) is 0 Å². The first-order valence-electron chi connectivity index (χ1n) is 3.62. The van der Waals surface area contributed by atoms with Gasteiger partial charge in [-0.15, -0.1) is 9.47 Å². The summed E-state index contributed by atoms with van der Waals surface area (Å²) >= 11 is 0. The predicted octanol–water partition coefficient (Wildman–Crippen LogP) is 1.55. The van der Waals surface area contributed by atoms with Crippen molar-refractivity contribution in [2.45, 2.75) is 0 Å². The molecule has 0 saturated heterocycles. The number of nitriles is 1. The number of nitrogens with one attached hydrogen (secondary N) is 2. The molecule has 0 aliphatic carbocycles. The summed E-state index contributed by atoms with van der Waals surface area (Å²) in [7, 11) is 0. The SMILES string of the molecule is N#CN=C(NF)Nc1cccc(F)c1. The van der Waals surface area contributed by atoms with Crippen LogP contribution in [0.25, 0.3) is 0 Å². The van der Waals surface area contributed by atoms with Gasteiger partial charge in [-0.25, -0.2) is 4.39 Å². The van der Waals surface area contributed by atoms with Crippen LogP contribution in [0, 0.1) is 17.3 Å². The van der Waals surface area contributed by atoms with Crippen LogP contribution in [0.5, 0.6) is 0 Å². The zero-order valence-electron chi connectivity index (χ0n) is 6.96. The standard InChI is InChI=1S/C8H6F2N4/c9-6-2-1-3-7(4-6)13-8(14-10)12-5-11/h1-4H,(H2,12,13,14). The summed E-state index contributed by atoms with van der Waals surface area (Å²) in [6, 6.07) is 5.34. The molecule has 0 atom stereocenters. The number of nitrogens with zero attached hydrogens (tertiary/aromatic N) is 2. The van der Waals surface area contributed by atoms with Crippen molar-refractivity contribution in [1.82, 2.24) is 5.54 Å². The van der Waals surface area contributed by atoms with E-state index in [1.807, 2.05) is 0 Å². The third-order valence-corrected chi connectivity index (χ3v) is 1.34. The minimum atomic E-state index is -0.467. The summed E-state index contributed by atoms with van der Waals surface area (Å²) in [4.78, 5) is 3.07. The summed E-state index contributed by atoms with van der Waals surface area (Å²) in [5.74, 6) is -0.858. The van der Waals surface area contributed by atoms with Crippen LogP contribution in [0.3, 0.4) is 0 Å². The first kappa shape index (κ1) is 9.92. The Labute approximate surface area is 78.8 Å². The monoisotopic (exact) mass is 196 g/mol. The molecule has 0 bridgehead atoms. The molecular weight excluding hydrogens is 190 g/mol. The molecule has 1 rings (SSSR count). The molecule has 0 spiro atoms. The summed E-state index contributed by atoms with van der Waals surface area (Å²) in [6.45, 7) is 0. The highest BCUT2D eigenvalue weighted by Gasteiger charge is 1.99. The fourth-order valence-corrected chi connectivity index (χ4v) is 0.826. The fourth-order valence-electron chi connectivity index (χ4n) is 0.826. The Bertz CT molecular complexity index is 383. The van der Waals surface area contributed by atoms with Gasteiger partial charge in [0.25, 0.3) is 0 Å². The predicted molar refractivity (Wildman–Crippen MR) is 47.3 cm³/mol. The highest BCUT2D eigenvalue weighted by Crippen LogP contribution is 2.08. The number of hydrogen-bond donors (Lipinski definition) is 2. The van der Waals surface area contributed by atoms with Gasteiger partial charge in [-0.2, -0.15) is 10.8 Å². The molecule has 0 saturated carbocycles. The minimum absolute atomic E-state index is 0.296. The molecule has 4 nitrogen and oxygen atoms in total. The number of anilines is 1.